The molecule has 18 heavy (non-hydrogen) atoms. The summed E-state index contributed by atoms with van der Waals surface area (Å²) in [6.45, 7) is 4.33. The van der Waals surface area contributed by atoms with Crippen LogP contribution >= 0.6 is 0 Å². The Balaban J connectivity index is 2.78. The third kappa shape index (κ3) is 3.13. The van der Waals surface area contributed by atoms with Gasteiger partial charge in [-0.05, 0) is 17.4 Å². The van der Waals surface area contributed by atoms with Crippen LogP contribution in [0.4, 0.5) is 0 Å². The SMILES string of the molecule is CC[C@H](C)[C@@H](C(=O)O)N1CC(CN=[N+]=[N-])CC1=O. The highest BCUT2D eigenvalue weighted by Crippen LogP contribution is 2.25. The summed E-state index contributed by atoms with van der Waals surface area (Å²) >= 11 is 0. The van der Waals surface area contributed by atoms with Crippen LogP contribution in [0.3, 0.4) is 0 Å². The van der Waals surface area contributed by atoms with Gasteiger partial charge in [0, 0.05) is 24.4 Å². The number of rotatable bonds is 6. The second-order valence-corrected chi connectivity index (χ2v) is 4.70. The molecular formula is C11H18N4O3. The molecule has 0 aromatic heterocycles. The average Bonchev–Trinajstić information content (AvgIpc) is 2.67. The lowest BCUT2D eigenvalue weighted by atomic mass is 9.98. The Kier molecular flexibility index (Phi) is 4.97. The fourth-order valence-electron chi connectivity index (χ4n) is 2.26. The third-order valence-corrected chi connectivity index (χ3v) is 3.41. The fourth-order valence-corrected chi connectivity index (χ4v) is 2.26. The molecule has 1 amide bonds. The molecule has 1 rings (SSSR count). The molecule has 1 aliphatic rings. The maximum absolute atomic E-state index is 11.8. The van der Waals surface area contributed by atoms with Gasteiger partial charge in [-0.25, -0.2) is 4.79 Å². The molecule has 0 spiro atoms. The molecule has 0 saturated carbocycles. The topological polar surface area (TPSA) is 106 Å². The number of carbonyl (C=O) groups excluding carboxylic acids is 1. The van der Waals surface area contributed by atoms with E-state index >= 15 is 0 Å². The minimum atomic E-state index is -0.970. The molecule has 0 aromatic carbocycles. The van der Waals surface area contributed by atoms with Gasteiger partial charge in [-0.3, -0.25) is 4.79 Å². The summed E-state index contributed by atoms with van der Waals surface area (Å²) in [5.74, 6) is -1.30. The Labute approximate surface area is 105 Å². The maximum atomic E-state index is 11.8. The number of hydrogen-bond donors (Lipinski definition) is 1. The highest BCUT2D eigenvalue weighted by atomic mass is 16.4. The van der Waals surface area contributed by atoms with Crippen LogP contribution < -0.4 is 0 Å². The van der Waals surface area contributed by atoms with Crippen LogP contribution in [-0.4, -0.2) is 41.0 Å². The highest BCUT2D eigenvalue weighted by Gasteiger charge is 2.39. The molecule has 0 aromatic rings. The van der Waals surface area contributed by atoms with Gasteiger partial charge < -0.3 is 10.0 Å². The second-order valence-electron chi connectivity index (χ2n) is 4.70. The van der Waals surface area contributed by atoms with Crippen molar-refractivity contribution in [2.24, 2.45) is 17.0 Å². The predicted octanol–water partition coefficient (Wildman–Crippen LogP) is 1.64. The molecule has 1 saturated heterocycles. The molecule has 7 heteroatoms. The summed E-state index contributed by atoms with van der Waals surface area (Å²) in [6, 6.07) is -0.779. The van der Waals surface area contributed by atoms with Crippen LogP contribution in [-0.2, 0) is 9.59 Å². The average molecular weight is 254 g/mol. The standard InChI is InChI=1S/C11H18N4O3/c1-3-7(2)10(11(17)18)15-6-8(4-9(15)16)5-13-14-12/h7-8,10H,3-6H2,1-2H3,(H,17,18)/t7-,8?,10-/m0/s1. The number of carbonyl (C=O) groups is 2. The Morgan fingerprint density at radius 2 is 2.39 bits per heavy atom. The Hall–Kier alpha value is -1.75. The number of likely N-dealkylation sites (tertiary alicyclic amines) is 1. The van der Waals surface area contributed by atoms with E-state index in [0.717, 1.165) is 0 Å². The van der Waals surface area contributed by atoms with Crippen molar-refractivity contribution in [1.82, 2.24) is 4.90 Å². The molecule has 0 bridgehead atoms. The minimum Gasteiger partial charge on any atom is -0.480 e. The maximum Gasteiger partial charge on any atom is 0.326 e. The molecule has 1 unspecified atom stereocenters. The first-order valence-corrected chi connectivity index (χ1v) is 6.04. The van der Waals surface area contributed by atoms with E-state index in [9.17, 15) is 14.7 Å². The Bertz CT molecular complexity index is 378. The van der Waals surface area contributed by atoms with Gasteiger partial charge in [-0.15, -0.1) is 0 Å². The lowest BCUT2D eigenvalue weighted by molar-refractivity contribution is -0.150. The molecule has 1 aliphatic heterocycles. The van der Waals surface area contributed by atoms with Crippen molar-refractivity contribution in [2.45, 2.75) is 32.7 Å². The lowest BCUT2D eigenvalue weighted by Gasteiger charge is -2.29. The summed E-state index contributed by atoms with van der Waals surface area (Å²) in [4.78, 5) is 27.2. The number of hydrogen-bond acceptors (Lipinski definition) is 3. The van der Waals surface area contributed by atoms with Gasteiger partial charge in [0.25, 0.3) is 0 Å². The summed E-state index contributed by atoms with van der Waals surface area (Å²) in [6.07, 6.45) is 0.959. The van der Waals surface area contributed by atoms with Crippen LogP contribution in [0.15, 0.2) is 5.11 Å². The molecular weight excluding hydrogens is 236 g/mol. The number of carboxylic acids is 1. The van der Waals surface area contributed by atoms with Crippen molar-refractivity contribution in [2.75, 3.05) is 13.1 Å². The summed E-state index contributed by atoms with van der Waals surface area (Å²) in [5, 5.41) is 12.7. The van der Waals surface area contributed by atoms with E-state index in [0.29, 0.717) is 13.0 Å². The van der Waals surface area contributed by atoms with Gasteiger partial charge in [-0.2, -0.15) is 0 Å². The monoisotopic (exact) mass is 254 g/mol. The lowest BCUT2D eigenvalue weighted by Crippen LogP contribution is -2.46. The van der Waals surface area contributed by atoms with E-state index in [1.165, 1.54) is 4.90 Å². The minimum absolute atomic E-state index is 0.0701. The van der Waals surface area contributed by atoms with Crippen LogP contribution in [0.5, 0.6) is 0 Å². The second kappa shape index (κ2) is 6.26. The van der Waals surface area contributed by atoms with Crippen LogP contribution in [0, 0.1) is 11.8 Å². The molecule has 3 atom stereocenters. The largest absolute Gasteiger partial charge is 0.480 e. The predicted molar refractivity (Wildman–Crippen MR) is 64.7 cm³/mol. The van der Waals surface area contributed by atoms with E-state index in [1.807, 2.05) is 13.8 Å². The zero-order valence-corrected chi connectivity index (χ0v) is 10.6. The van der Waals surface area contributed by atoms with E-state index in [1.54, 1.807) is 0 Å². The first-order valence-electron chi connectivity index (χ1n) is 6.04. The molecule has 7 nitrogen and oxygen atoms in total. The van der Waals surface area contributed by atoms with Crippen LogP contribution in [0.1, 0.15) is 26.7 Å². The van der Waals surface area contributed by atoms with Gasteiger partial charge in [0.15, 0.2) is 0 Å². The number of nitrogens with zero attached hydrogens (tertiary/aromatic N) is 4. The Morgan fingerprint density at radius 1 is 1.72 bits per heavy atom. The van der Waals surface area contributed by atoms with Crippen molar-refractivity contribution in [1.29, 1.82) is 0 Å². The van der Waals surface area contributed by atoms with Crippen molar-refractivity contribution in [3.05, 3.63) is 10.4 Å². The summed E-state index contributed by atoms with van der Waals surface area (Å²) < 4.78 is 0. The molecule has 0 radical (unpaired) electrons. The zero-order chi connectivity index (χ0) is 13.7. The van der Waals surface area contributed by atoms with Gasteiger partial charge >= 0.3 is 5.97 Å². The smallest absolute Gasteiger partial charge is 0.326 e. The summed E-state index contributed by atoms with van der Waals surface area (Å²) in [7, 11) is 0. The summed E-state index contributed by atoms with van der Waals surface area (Å²) in [5.41, 5.74) is 8.25. The number of carboxylic acid groups (broad SMARTS) is 1. The molecule has 100 valence electrons. The van der Waals surface area contributed by atoms with E-state index in [-0.39, 0.29) is 30.7 Å². The highest BCUT2D eigenvalue weighted by molar-refractivity contribution is 5.85. The molecule has 1 heterocycles. The van der Waals surface area contributed by atoms with Crippen LogP contribution in [0.2, 0.25) is 0 Å². The van der Waals surface area contributed by atoms with E-state index in [2.05, 4.69) is 10.0 Å². The molecule has 0 aliphatic carbocycles. The van der Waals surface area contributed by atoms with Gasteiger partial charge in [0.2, 0.25) is 5.91 Å². The van der Waals surface area contributed by atoms with Crippen molar-refractivity contribution >= 4 is 11.9 Å². The van der Waals surface area contributed by atoms with Gasteiger partial charge in [0.05, 0.1) is 0 Å². The number of aliphatic carboxylic acids is 1. The Morgan fingerprint density at radius 3 is 2.89 bits per heavy atom. The fraction of sp³-hybridized carbons (Fsp3) is 0.818. The first kappa shape index (κ1) is 14.3. The van der Waals surface area contributed by atoms with Gasteiger partial charge in [0.1, 0.15) is 6.04 Å². The molecule has 1 N–H and O–H groups in total. The van der Waals surface area contributed by atoms with E-state index in [4.69, 9.17) is 5.53 Å². The normalized spacial score (nSPS) is 22.4. The third-order valence-electron chi connectivity index (χ3n) is 3.41. The number of amides is 1. The van der Waals surface area contributed by atoms with Gasteiger partial charge in [-0.1, -0.05) is 25.4 Å². The van der Waals surface area contributed by atoms with E-state index < -0.39 is 12.0 Å². The zero-order valence-electron chi connectivity index (χ0n) is 10.6. The molecule has 1 fully saturated rings. The van der Waals surface area contributed by atoms with Crippen LogP contribution in [0.25, 0.3) is 10.4 Å². The van der Waals surface area contributed by atoms with Crippen molar-refractivity contribution < 1.29 is 14.7 Å². The van der Waals surface area contributed by atoms with Crippen molar-refractivity contribution in [3.8, 4) is 0 Å². The first-order chi connectivity index (χ1) is 8.51. The number of azide groups is 1. The quantitative estimate of drug-likeness (QED) is 0.442. The van der Waals surface area contributed by atoms with Crippen molar-refractivity contribution in [3.63, 3.8) is 0 Å².